The summed E-state index contributed by atoms with van der Waals surface area (Å²) in [5, 5.41) is 4.69. The number of ketones is 1. The van der Waals surface area contributed by atoms with Gasteiger partial charge in [0.15, 0.2) is 5.78 Å². The van der Waals surface area contributed by atoms with Crippen LogP contribution in [0.1, 0.15) is 22.3 Å². The molecule has 144 valence electrons. The fourth-order valence-corrected chi connectivity index (χ4v) is 2.31. The van der Waals surface area contributed by atoms with Crippen molar-refractivity contribution >= 4 is 40.7 Å². The molecule has 0 heterocycles. The van der Waals surface area contributed by atoms with Crippen molar-refractivity contribution < 1.29 is 23.9 Å². The van der Waals surface area contributed by atoms with Gasteiger partial charge in [0.05, 0.1) is 31.0 Å². The van der Waals surface area contributed by atoms with Gasteiger partial charge in [0.2, 0.25) is 5.91 Å². The molecule has 0 saturated heterocycles. The normalized spacial score (nSPS) is 9.75. The smallest absolute Gasteiger partial charge is 0.325 e. The molecule has 28 heavy (non-hydrogen) atoms. The standard InChI is InChI=1S/C20H18N2O5S/c1-26-19(24)12-21-18(23)10-11-27-17-8-4-15(5-9-17)20(25)14-2-6-16(7-3-14)22-13-28/h2-9H,10-12H2,1H3,(H,21,23). The van der Waals surface area contributed by atoms with E-state index < -0.39 is 5.97 Å². The van der Waals surface area contributed by atoms with Crippen molar-refractivity contribution in [1.29, 1.82) is 0 Å². The maximum Gasteiger partial charge on any atom is 0.325 e. The van der Waals surface area contributed by atoms with E-state index >= 15 is 0 Å². The van der Waals surface area contributed by atoms with E-state index in [0.717, 1.165) is 0 Å². The van der Waals surface area contributed by atoms with E-state index in [1.54, 1.807) is 48.5 Å². The average Bonchev–Trinajstić information content (AvgIpc) is 2.73. The lowest BCUT2D eigenvalue weighted by Crippen LogP contribution is -2.30. The van der Waals surface area contributed by atoms with Gasteiger partial charge in [0.1, 0.15) is 12.3 Å². The molecule has 0 aromatic heterocycles. The van der Waals surface area contributed by atoms with Gasteiger partial charge in [-0.3, -0.25) is 14.4 Å². The third-order valence-electron chi connectivity index (χ3n) is 3.68. The maximum absolute atomic E-state index is 12.5. The van der Waals surface area contributed by atoms with E-state index in [9.17, 15) is 14.4 Å². The van der Waals surface area contributed by atoms with Crippen LogP contribution in [0, 0.1) is 0 Å². The molecule has 0 aliphatic rings. The summed E-state index contributed by atoms with van der Waals surface area (Å²) in [7, 11) is 1.25. The van der Waals surface area contributed by atoms with Gasteiger partial charge in [-0.05, 0) is 60.7 Å². The number of methoxy groups -OCH3 is 1. The number of carbonyl (C=O) groups is 3. The van der Waals surface area contributed by atoms with Crippen molar-refractivity contribution in [3.63, 3.8) is 0 Å². The van der Waals surface area contributed by atoms with Gasteiger partial charge in [0, 0.05) is 11.1 Å². The second-order valence-electron chi connectivity index (χ2n) is 5.55. The molecule has 0 radical (unpaired) electrons. The highest BCUT2D eigenvalue weighted by Gasteiger charge is 2.10. The molecule has 0 fully saturated rings. The lowest BCUT2D eigenvalue weighted by Gasteiger charge is -2.08. The van der Waals surface area contributed by atoms with Crippen LogP contribution in [-0.2, 0) is 14.3 Å². The molecule has 0 aliphatic heterocycles. The van der Waals surface area contributed by atoms with Gasteiger partial charge in [0.25, 0.3) is 0 Å². The lowest BCUT2D eigenvalue weighted by atomic mass is 10.0. The molecule has 0 unspecified atom stereocenters. The zero-order valence-corrected chi connectivity index (χ0v) is 16.0. The summed E-state index contributed by atoms with van der Waals surface area (Å²) in [6.45, 7) is -0.0346. The van der Waals surface area contributed by atoms with E-state index in [4.69, 9.17) is 4.74 Å². The molecule has 1 N–H and O–H groups in total. The van der Waals surface area contributed by atoms with Crippen LogP contribution in [0.4, 0.5) is 5.69 Å². The quantitative estimate of drug-likeness (QED) is 0.302. The molecular formula is C20H18N2O5S. The Morgan fingerprint density at radius 2 is 1.64 bits per heavy atom. The lowest BCUT2D eigenvalue weighted by molar-refractivity contribution is -0.141. The summed E-state index contributed by atoms with van der Waals surface area (Å²) in [5.74, 6) is -0.441. The summed E-state index contributed by atoms with van der Waals surface area (Å²) >= 11 is 4.54. The first kappa shape index (κ1) is 21.0. The first-order valence-corrected chi connectivity index (χ1v) is 8.73. The number of ether oxygens (including phenoxy) is 2. The number of benzene rings is 2. The van der Waals surface area contributed by atoms with Crippen LogP contribution in [0.2, 0.25) is 0 Å². The Hall–Kier alpha value is -3.35. The maximum atomic E-state index is 12.5. The number of isothiocyanates is 1. The molecule has 1 amide bonds. The molecule has 2 aromatic carbocycles. The van der Waals surface area contributed by atoms with Gasteiger partial charge >= 0.3 is 5.97 Å². The van der Waals surface area contributed by atoms with Crippen LogP contribution < -0.4 is 10.1 Å². The number of nitrogens with zero attached hydrogens (tertiary/aromatic N) is 1. The van der Waals surface area contributed by atoms with E-state index in [0.29, 0.717) is 22.6 Å². The fourth-order valence-electron chi connectivity index (χ4n) is 2.20. The SMILES string of the molecule is COC(=O)CNC(=O)CCOc1ccc(C(=O)c2ccc(N=C=S)cc2)cc1. The molecule has 2 aromatic rings. The zero-order chi connectivity index (χ0) is 20.4. The highest BCUT2D eigenvalue weighted by molar-refractivity contribution is 7.78. The van der Waals surface area contributed by atoms with Crippen LogP contribution in [0.5, 0.6) is 5.75 Å². The number of hydrogen-bond donors (Lipinski definition) is 1. The molecule has 7 nitrogen and oxygen atoms in total. The number of carbonyl (C=O) groups excluding carboxylic acids is 3. The predicted molar refractivity (Wildman–Crippen MR) is 106 cm³/mol. The monoisotopic (exact) mass is 398 g/mol. The fraction of sp³-hybridized carbons (Fsp3) is 0.200. The van der Waals surface area contributed by atoms with Crippen LogP contribution >= 0.6 is 12.2 Å². The Balaban J connectivity index is 1.85. The van der Waals surface area contributed by atoms with Crippen molar-refractivity contribution in [2.24, 2.45) is 4.99 Å². The van der Waals surface area contributed by atoms with Crippen LogP contribution in [0.25, 0.3) is 0 Å². The molecular weight excluding hydrogens is 380 g/mol. The Morgan fingerprint density at radius 3 is 2.21 bits per heavy atom. The summed E-state index contributed by atoms with van der Waals surface area (Å²) in [4.78, 5) is 38.8. The van der Waals surface area contributed by atoms with E-state index in [2.05, 4.69) is 32.4 Å². The number of esters is 1. The summed E-state index contributed by atoms with van der Waals surface area (Å²) in [6.07, 6.45) is 0.0915. The van der Waals surface area contributed by atoms with Gasteiger partial charge in [-0.2, -0.15) is 4.99 Å². The number of amides is 1. The predicted octanol–water partition coefficient (Wildman–Crippen LogP) is 2.71. The van der Waals surface area contributed by atoms with Crippen molar-refractivity contribution in [1.82, 2.24) is 5.32 Å². The van der Waals surface area contributed by atoms with Gasteiger partial charge in [-0.15, -0.1) is 0 Å². The van der Waals surface area contributed by atoms with Crippen LogP contribution in [0.3, 0.4) is 0 Å². The topological polar surface area (TPSA) is 94.1 Å². The minimum atomic E-state index is -0.518. The molecule has 2 rings (SSSR count). The molecule has 8 heteroatoms. The van der Waals surface area contributed by atoms with Crippen LogP contribution in [0.15, 0.2) is 53.5 Å². The van der Waals surface area contributed by atoms with Crippen LogP contribution in [-0.4, -0.2) is 43.1 Å². The van der Waals surface area contributed by atoms with Crippen molar-refractivity contribution in [3.8, 4) is 5.75 Å². The minimum Gasteiger partial charge on any atom is -0.493 e. The number of aliphatic imine (C=N–C) groups is 1. The summed E-state index contributed by atoms with van der Waals surface area (Å²) < 4.78 is 9.90. The summed E-state index contributed by atoms with van der Waals surface area (Å²) in [5.41, 5.74) is 1.67. The third kappa shape index (κ3) is 6.42. The summed E-state index contributed by atoms with van der Waals surface area (Å²) in [6, 6.07) is 13.3. The van der Waals surface area contributed by atoms with Gasteiger partial charge < -0.3 is 14.8 Å². The Labute approximate surface area is 167 Å². The average molecular weight is 398 g/mol. The Morgan fingerprint density at radius 1 is 1.04 bits per heavy atom. The first-order chi connectivity index (χ1) is 13.5. The second kappa shape index (κ2) is 10.7. The number of thiocarbonyl (C=S) groups is 1. The van der Waals surface area contributed by atoms with E-state index in [1.807, 2.05) is 0 Å². The van der Waals surface area contributed by atoms with Crippen molar-refractivity contribution in [2.75, 3.05) is 20.3 Å². The van der Waals surface area contributed by atoms with E-state index in [1.165, 1.54) is 7.11 Å². The highest BCUT2D eigenvalue weighted by atomic mass is 32.1. The molecule has 0 saturated carbocycles. The van der Waals surface area contributed by atoms with Crippen molar-refractivity contribution in [3.05, 3.63) is 59.7 Å². The number of hydrogen-bond acceptors (Lipinski definition) is 7. The van der Waals surface area contributed by atoms with Gasteiger partial charge in [-0.25, -0.2) is 0 Å². The number of nitrogens with one attached hydrogen (secondary N) is 1. The van der Waals surface area contributed by atoms with Crippen molar-refractivity contribution in [2.45, 2.75) is 6.42 Å². The van der Waals surface area contributed by atoms with E-state index in [-0.39, 0.29) is 31.3 Å². The first-order valence-electron chi connectivity index (χ1n) is 8.32. The Kier molecular flexibility index (Phi) is 8.02. The molecule has 0 aliphatic carbocycles. The molecule has 0 atom stereocenters. The largest absolute Gasteiger partial charge is 0.493 e. The number of rotatable bonds is 9. The molecule has 0 bridgehead atoms. The second-order valence-corrected chi connectivity index (χ2v) is 5.74. The Bertz CT molecular complexity index is 888. The minimum absolute atomic E-state index is 0.0915. The van der Waals surface area contributed by atoms with Gasteiger partial charge in [-0.1, -0.05) is 0 Å². The highest BCUT2D eigenvalue weighted by Crippen LogP contribution is 2.18. The third-order valence-corrected chi connectivity index (χ3v) is 3.77. The molecule has 0 spiro atoms. The zero-order valence-electron chi connectivity index (χ0n) is 15.1.